The molecule has 0 spiro atoms. The Kier molecular flexibility index (Phi) is 5.54. The fourth-order valence-corrected chi connectivity index (χ4v) is 4.00. The van der Waals surface area contributed by atoms with Crippen molar-refractivity contribution >= 4 is 5.91 Å². The van der Waals surface area contributed by atoms with Crippen LogP contribution in [0.2, 0.25) is 0 Å². The normalized spacial score (nSPS) is 26.6. The molecule has 0 aliphatic carbocycles. The molecule has 3 heterocycles. The monoisotopic (exact) mass is 333 g/mol. The van der Waals surface area contributed by atoms with Gasteiger partial charge in [0.05, 0.1) is 12.2 Å². The molecule has 1 aromatic rings. The topological polar surface area (TPSA) is 63.1 Å². The van der Waals surface area contributed by atoms with Crippen molar-refractivity contribution in [3.63, 3.8) is 0 Å². The van der Waals surface area contributed by atoms with Crippen LogP contribution in [0.1, 0.15) is 69.4 Å². The molecule has 3 rings (SSSR count). The van der Waals surface area contributed by atoms with E-state index in [9.17, 15) is 4.79 Å². The number of hydrogen-bond acceptors (Lipinski definition) is 4. The Balaban J connectivity index is 1.75. The number of nitrogens with one attached hydrogen (secondary N) is 1. The zero-order valence-corrected chi connectivity index (χ0v) is 15.2. The molecule has 1 N–H and O–H groups in total. The molecule has 0 bridgehead atoms. The summed E-state index contributed by atoms with van der Waals surface area (Å²) in [6.45, 7) is 9.57. The summed E-state index contributed by atoms with van der Waals surface area (Å²) < 4.78 is 1.90. The molecule has 1 amide bonds. The second-order valence-corrected chi connectivity index (χ2v) is 7.85. The molecule has 0 radical (unpaired) electrons. The molecule has 134 valence electrons. The van der Waals surface area contributed by atoms with Crippen LogP contribution >= 0.6 is 0 Å². The molecule has 2 saturated heterocycles. The molecule has 6 nitrogen and oxygen atoms in total. The Bertz CT molecular complexity index is 549. The van der Waals surface area contributed by atoms with Crippen LogP contribution in [0.15, 0.2) is 6.20 Å². The minimum Gasteiger partial charge on any atom is -0.334 e. The van der Waals surface area contributed by atoms with Gasteiger partial charge in [-0.3, -0.25) is 4.79 Å². The number of nitrogens with zero attached hydrogens (tertiary/aromatic N) is 4. The van der Waals surface area contributed by atoms with Gasteiger partial charge in [0, 0.05) is 12.6 Å². The largest absolute Gasteiger partial charge is 0.334 e. The number of likely N-dealkylation sites (tertiary alicyclic amines) is 1. The van der Waals surface area contributed by atoms with E-state index in [1.165, 1.54) is 6.42 Å². The molecule has 0 unspecified atom stereocenters. The molecule has 2 aliphatic heterocycles. The van der Waals surface area contributed by atoms with Crippen LogP contribution in [0.5, 0.6) is 0 Å². The Hall–Kier alpha value is -1.43. The van der Waals surface area contributed by atoms with Crippen molar-refractivity contribution in [3.8, 4) is 0 Å². The molecule has 2 fully saturated rings. The van der Waals surface area contributed by atoms with Crippen molar-refractivity contribution in [2.45, 2.75) is 65.0 Å². The maximum absolute atomic E-state index is 13.1. The van der Waals surface area contributed by atoms with Crippen LogP contribution in [0.3, 0.4) is 0 Å². The lowest BCUT2D eigenvalue weighted by atomic mass is 9.95. The number of amides is 1. The number of rotatable bonds is 3. The predicted octanol–water partition coefficient (Wildman–Crippen LogP) is 2.49. The van der Waals surface area contributed by atoms with Gasteiger partial charge in [-0.15, -0.1) is 5.10 Å². The van der Waals surface area contributed by atoms with Crippen molar-refractivity contribution in [1.29, 1.82) is 0 Å². The van der Waals surface area contributed by atoms with Gasteiger partial charge in [0.2, 0.25) is 0 Å². The summed E-state index contributed by atoms with van der Waals surface area (Å²) in [4.78, 5) is 15.1. The van der Waals surface area contributed by atoms with E-state index in [-0.39, 0.29) is 5.91 Å². The first-order valence-electron chi connectivity index (χ1n) is 9.49. The Labute approximate surface area is 145 Å². The molecule has 0 saturated carbocycles. The molecular weight excluding hydrogens is 302 g/mol. The van der Waals surface area contributed by atoms with E-state index in [4.69, 9.17) is 0 Å². The summed E-state index contributed by atoms with van der Waals surface area (Å²) in [5, 5.41) is 11.8. The molecule has 6 heteroatoms. The van der Waals surface area contributed by atoms with Gasteiger partial charge in [-0.2, -0.15) is 0 Å². The molecular formula is C18H31N5O. The molecule has 1 aromatic heterocycles. The van der Waals surface area contributed by atoms with Gasteiger partial charge >= 0.3 is 0 Å². The SMILES string of the molecule is CC(C)[C@@H]1CC[C@H](C)CCN1C(=O)c1cn(C2CCNCC2)nn1. The van der Waals surface area contributed by atoms with Gasteiger partial charge in [-0.05, 0) is 57.0 Å². The summed E-state index contributed by atoms with van der Waals surface area (Å²) in [5.74, 6) is 1.22. The van der Waals surface area contributed by atoms with E-state index in [1.807, 2.05) is 10.9 Å². The third kappa shape index (κ3) is 3.79. The third-order valence-corrected chi connectivity index (χ3v) is 5.66. The van der Waals surface area contributed by atoms with Crippen LogP contribution in [0, 0.1) is 11.8 Å². The zero-order valence-electron chi connectivity index (χ0n) is 15.2. The number of carbonyl (C=O) groups excluding carboxylic acids is 1. The van der Waals surface area contributed by atoms with Gasteiger partial charge < -0.3 is 10.2 Å². The lowest BCUT2D eigenvalue weighted by molar-refractivity contribution is 0.0625. The fraction of sp³-hybridized carbons (Fsp3) is 0.833. The smallest absolute Gasteiger partial charge is 0.276 e. The lowest BCUT2D eigenvalue weighted by Crippen LogP contribution is -2.43. The van der Waals surface area contributed by atoms with Crippen molar-refractivity contribution in [3.05, 3.63) is 11.9 Å². The van der Waals surface area contributed by atoms with E-state index < -0.39 is 0 Å². The highest BCUT2D eigenvalue weighted by Crippen LogP contribution is 2.27. The van der Waals surface area contributed by atoms with E-state index >= 15 is 0 Å². The lowest BCUT2D eigenvalue weighted by Gasteiger charge is -2.32. The van der Waals surface area contributed by atoms with Crippen LogP contribution < -0.4 is 5.32 Å². The van der Waals surface area contributed by atoms with Crippen LogP contribution in [-0.4, -0.2) is 51.5 Å². The first-order chi connectivity index (χ1) is 11.6. The second-order valence-electron chi connectivity index (χ2n) is 7.85. The Morgan fingerprint density at radius 3 is 2.67 bits per heavy atom. The van der Waals surface area contributed by atoms with Crippen molar-refractivity contribution in [2.24, 2.45) is 11.8 Å². The van der Waals surface area contributed by atoms with Crippen LogP contribution in [0.4, 0.5) is 0 Å². The van der Waals surface area contributed by atoms with Crippen LogP contribution in [0.25, 0.3) is 0 Å². The van der Waals surface area contributed by atoms with Gasteiger partial charge in [0.1, 0.15) is 0 Å². The van der Waals surface area contributed by atoms with E-state index in [0.717, 1.165) is 45.3 Å². The summed E-state index contributed by atoms with van der Waals surface area (Å²) in [7, 11) is 0. The summed E-state index contributed by atoms with van der Waals surface area (Å²) in [5.41, 5.74) is 0.508. The average molecular weight is 333 g/mol. The quantitative estimate of drug-likeness (QED) is 0.923. The number of hydrogen-bond donors (Lipinski definition) is 1. The van der Waals surface area contributed by atoms with Gasteiger partial charge in [-0.25, -0.2) is 4.68 Å². The Morgan fingerprint density at radius 1 is 1.21 bits per heavy atom. The van der Waals surface area contributed by atoms with Crippen molar-refractivity contribution in [2.75, 3.05) is 19.6 Å². The second kappa shape index (κ2) is 7.64. The average Bonchev–Trinajstić information content (AvgIpc) is 2.99. The highest BCUT2D eigenvalue weighted by molar-refractivity contribution is 5.92. The standard InChI is InChI=1S/C18H31N5O/c1-13(2)17-5-4-14(3)8-11-22(17)18(24)16-12-23(21-20-16)15-6-9-19-10-7-15/h12-15,17,19H,4-11H2,1-3H3/t14-,17-/m0/s1. The van der Waals surface area contributed by atoms with Gasteiger partial charge in [0.25, 0.3) is 5.91 Å². The highest BCUT2D eigenvalue weighted by atomic mass is 16.2. The summed E-state index contributed by atoms with van der Waals surface area (Å²) in [6.07, 6.45) is 7.34. The summed E-state index contributed by atoms with van der Waals surface area (Å²) >= 11 is 0. The summed E-state index contributed by atoms with van der Waals surface area (Å²) in [6, 6.07) is 0.678. The zero-order chi connectivity index (χ0) is 17.1. The fourth-order valence-electron chi connectivity index (χ4n) is 4.00. The first-order valence-corrected chi connectivity index (χ1v) is 9.49. The van der Waals surface area contributed by atoms with E-state index in [0.29, 0.717) is 29.6 Å². The maximum atomic E-state index is 13.1. The van der Waals surface area contributed by atoms with Gasteiger partial charge in [0.15, 0.2) is 5.69 Å². The van der Waals surface area contributed by atoms with Crippen molar-refractivity contribution in [1.82, 2.24) is 25.2 Å². The predicted molar refractivity (Wildman–Crippen MR) is 93.8 cm³/mol. The Morgan fingerprint density at radius 2 is 1.96 bits per heavy atom. The number of aromatic nitrogens is 3. The van der Waals surface area contributed by atoms with E-state index in [2.05, 4.69) is 41.3 Å². The minimum atomic E-state index is 0.0583. The molecule has 2 aliphatic rings. The van der Waals surface area contributed by atoms with Gasteiger partial charge in [-0.1, -0.05) is 26.0 Å². The maximum Gasteiger partial charge on any atom is 0.276 e. The molecule has 2 atom stereocenters. The third-order valence-electron chi connectivity index (χ3n) is 5.66. The number of piperidine rings is 1. The highest BCUT2D eigenvalue weighted by Gasteiger charge is 2.31. The number of carbonyl (C=O) groups is 1. The van der Waals surface area contributed by atoms with Crippen molar-refractivity contribution < 1.29 is 4.79 Å². The molecule has 0 aromatic carbocycles. The van der Waals surface area contributed by atoms with Crippen LogP contribution in [-0.2, 0) is 0 Å². The minimum absolute atomic E-state index is 0.0583. The molecule has 24 heavy (non-hydrogen) atoms. The van der Waals surface area contributed by atoms with E-state index in [1.54, 1.807) is 0 Å². The first kappa shape index (κ1) is 17.4.